The quantitative estimate of drug-likeness (QED) is 0.435. The molecule has 0 aliphatic carbocycles. The zero-order chi connectivity index (χ0) is 19.6. The number of aromatic nitrogens is 1. The Morgan fingerprint density at radius 3 is 2.63 bits per heavy atom. The lowest BCUT2D eigenvalue weighted by atomic mass is 10.1. The van der Waals surface area contributed by atoms with Crippen molar-refractivity contribution < 1.29 is 27.1 Å². The molecule has 140 valence electrons. The topological polar surface area (TPSA) is 51.2 Å². The minimum atomic E-state index is -3.00. The molecule has 10 heteroatoms. The van der Waals surface area contributed by atoms with Gasteiger partial charge in [-0.2, -0.15) is 8.78 Å². The van der Waals surface area contributed by atoms with Crippen molar-refractivity contribution in [3.05, 3.63) is 64.0 Å². The van der Waals surface area contributed by atoms with Crippen molar-refractivity contribution in [1.29, 1.82) is 0 Å². The van der Waals surface area contributed by atoms with Crippen LogP contribution in [-0.2, 0) is 0 Å². The normalized spacial score (nSPS) is 10.9. The summed E-state index contributed by atoms with van der Waals surface area (Å²) in [5.74, 6) is -3.26. The third-order valence-corrected chi connectivity index (χ3v) is 4.43. The maximum absolute atomic E-state index is 13.3. The summed E-state index contributed by atoms with van der Waals surface area (Å²) in [6.45, 7) is -3.00. The zero-order valence-corrected chi connectivity index (χ0v) is 14.8. The number of thiazole rings is 1. The van der Waals surface area contributed by atoms with E-state index in [0.717, 1.165) is 11.3 Å². The highest BCUT2D eigenvalue weighted by atomic mass is 35.5. The molecule has 0 atom stereocenters. The second-order valence-corrected chi connectivity index (χ2v) is 6.38. The van der Waals surface area contributed by atoms with Crippen molar-refractivity contribution in [3.63, 3.8) is 0 Å². The number of amides is 1. The Balaban J connectivity index is 1.83. The molecule has 0 aliphatic heterocycles. The van der Waals surface area contributed by atoms with Crippen LogP contribution in [0.1, 0.15) is 10.4 Å². The Bertz CT molecular complexity index is 997. The smallest absolute Gasteiger partial charge is 0.387 e. The summed E-state index contributed by atoms with van der Waals surface area (Å²) < 4.78 is 55.9. The molecule has 1 heterocycles. The number of rotatable bonds is 5. The van der Waals surface area contributed by atoms with E-state index >= 15 is 0 Å². The fourth-order valence-electron chi connectivity index (χ4n) is 2.19. The highest BCUT2D eigenvalue weighted by Gasteiger charge is 2.18. The molecule has 2 aromatic carbocycles. The Hall–Kier alpha value is -2.65. The molecule has 3 rings (SSSR count). The van der Waals surface area contributed by atoms with Gasteiger partial charge in [0.05, 0.1) is 16.3 Å². The van der Waals surface area contributed by atoms with Crippen molar-refractivity contribution in [2.45, 2.75) is 6.61 Å². The molecule has 1 aromatic heterocycles. The molecular weight excluding hydrogens is 408 g/mol. The molecule has 0 radical (unpaired) electrons. The molecule has 1 N–H and O–H groups in total. The fourth-order valence-corrected chi connectivity index (χ4v) is 3.13. The number of alkyl halides is 2. The van der Waals surface area contributed by atoms with Crippen molar-refractivity contribution in [1.82, 2.24) is 4.98 Å². The first-order chi connectivity index (χ1) is 12.8. The predicted octanol–water partition coefficient (Wildman–Crippen LogP) is 5.60. The summed E-state index contributed by atoms with van der Waals surface area (Å²) in [6, 6.07) is 7.41. The lowest BCUT2D eigenvalue weighted by molar-refractivity contribution is -0.0494. The van der Waals surface area contributed by atoms with Gasteiger partial charge in [0, 0.05) is 10.9 Å². The van der Waals surface area contributed by atoms with E-state index in [4.69, 9.17) is 11.6 Å². The van der Waals surface area contributed by atoms with E-state index in [0.29, 0.717) is 23.4 Å². The number of hydrogen-bond acceptors (Lipinski definition) is 4. The first-order valence-electron chi connectivity index (χ1n) is 7.31. The second-order valence-electron chi connectivity index (χ2n) is 5.11. The first kappa shape index (κ1) is 19.1. The molecule has 0 fully saturated rings. The standard InChI is InChI=1S/C17H9ClF4N2O2S/c18-10-6-12(20)11(19)5-9(10)15(25)24-17-23-13(7-27-17)8-3-1-2-4-14(8)26-16(21)22/h1-7,16H,(H,23,24,25). The number of ether oxygens (including phenoxy) is 1. The van der Waals surface area contributed by atoms with Gasteiger partial charge >= 0.3 is 6.61 Å². The summed E-state index contributed by atoms with van der Waals surface area (Å²) in [4.78, 5) is 16.3. The molecule has 0 aliphatic rings. The minimum absolute atomic E-state index is 0.0701. The number of para-hydroxylation sites is 1. The van der Waals surface area contributed by atoms with E-state index in [1.807, 2.05) is 0 Å². The van der Waals surface area contributed by atoms with Crippen molar-refractivity contribution >= 4 is 34.0 Å². The third kappa shape index (κ3) is 4.37. The van der Waals surface area contributed by atoms with Crippen LogP contribution in [0.5, 0.6) is 5.75 Å². The van der Waals surface area contributed by atoms with E-state index in [1.54, 1.807) is 6.07 Å². The van der Waals surface area contributed by atoms with Crippen LogP contribution in [0.3, 0.4) is 0 Å². The average molecular weight is 417 g/mol. The van der Waals surface area contributed by atoms with Crippen LogP contribution in [-0.4, -0.2) is 17.5 Å². The van der Waals surface area contributed by atoms with E-state index < -0.39 is 24.2 Å². The molecular formula is C17H9ClF4N2O2S. The molecule has 0 bridgehead atoms. The second kappa shape index (κ2) is 7.93. The van der Waals surface area contributed by atoms with E-state index in [9.17, 15) is 22.4 Å². The Morgan fingerprint density at radius 2 is 1.89 bits per heavy atom. The van der Waals surface area contributed by atoms with Gasteiger partial charge in [0.25, 0.3) is 5.91 Å². The van der Waals surface area contributed by atoms with Crippen LogP contribution >= 0.6 is 22.9 Å². The number of nitrogens with zero attached hydrogens (tertiary/aromatic N) is 1. The summed E-state index contributed by atoms with van der Waals surface area (Å²) in [7, 11) is 0. The number of benzene rings is 2. The lowest BCUT2D eigenvalue weighted by Gasteiger charge is -2.08. The number of carbonyl (C=O) groups is 1. The summed E-state index contributed by atoms with van der Waals surface area (Å²) in [5, 5.41) is 3.77. The molecule has 0 saturated carbocycles. The molecule has 0 saturated heterocycles. The van der Waals surface area contributed by atoms with Gasteiger partial charge in [-0.05, 0) is 24.3 Å². The first-order valence-corrected chi connectivity index (χ1v) is 8.56. The number of anilines is 1. The van der Waals surface area contributed by atoms with Crippen LogP contribution in [0.15, 0.2) is 41.8 Å². The van der Waals surface area contributed by atoms with Gasteiger partial charge in [0.2, 0.25) is 0 Å². The third-order valence-electron chi connectivity index (χ3n) is 3.36. The molecule has 3 aromatic rings. The largest absolute Gasteiger partial charge is 0.434 e. The van der Waals surface area contributed by atoms with Gasteiger partial charge < -0.3 is 4.74 Å². The average Bonchev–Trinajstić information content (AvgIpc) is 3.06. The van der Waals surface area contributed by atoms with Crippen LogP contribution in [0, 0.1) is 11.6 Å². The van der Waals surface area contributed by atoms with E-state index in [1.165, 1.54) is 23.6 Å². The molecule has 27 heavy (non-hydrogen) atoms. The Labute approximate surface area is 159 Å². The lowest BCUT2D eigenvalue weighted by Crippen LogP contribution is -2.13. The van der Waals surface area contributed by atoms with E-state index in [-0.39, 0.29) is 21.5 Å². The summed E-state index contributed by atoms with van der Waals surface area (Å²) in [6.07, 6.45) is 0. The number of hydrogen-bond donors (Lipinski definition) is 1. The summed E-state index contributed by atoms with van der Waals surface area (Å²) >= 11 is 6.77. The monoisotopic (exact) mass is 416 g/mol. The van der Waals surface area contributed by atoms with Crippen molar-refractivity contribution in [2.24, 2.45) is 0 Å². The minimum Gasteiger partial charge on any atom is -0.434 e. The maximum atomic E-state index is 13.3. The zero-order valence-electron chi connectivity index (χ0n) is 13.2. The van der Waals surface area contributed by atoms with Gasteiger partial charge in [0.1, 0.15) is 5.75 Å². The molecule has 0 spiro atoms. The molecule has 0 unspecified atom stereocenters. The molecule has 4 nitrogen and oxygen atoms in total. The van der Waals surface area contributed by atoms with Crippen LogP contribution in [0.2, 0.25) is 5.02 Å². The highest BCUT2D eigenvalue weighted by Crippen LogP contribution is 2.33. The Morgan fingerprint density at radius 1 is 1.19 bits per heavy atom. The van der Waals surface area contributed by atoms with Crippen molar-refractivity contribution in [3.8, 4) is 17.0 Å². The number of carbonyl (C=O) groups excluding carboxylic acids is 1. The van der Waals surface area contributed by atoms with E-state index in [2.05, 4.69) is 15.0 Å². The van der Waals surface area contributed by atoms with Gasteiger partial charge in [-0.25, -0.2) is 13.8 Å². The van der Waals surface area contributed by atoms with Crippen LogP contribution in [0.4, 0.5) is 22.7 Å². The Kier molecular flexibility index (Phi) is 5.62. The predicted molar refractivity (Wildman–Crippen MR) is 93.5 cm³/mol. The van der Waals surface area contributed by atoms with Crippen LogP contribution in [0.25, 0.3) is 11.3 Å². The van der Waals surface area contributed by atoms with Crippen molar-refractivity contribution in [2.75, 3.05) is 5.32 Å². The summed E-state index contributed by atoms with van der Waals surface area (Å²) in [5.41, 5.74) is 0.331. The van der Waals surface area contributed by atoms with Gasteiger partial charge in [-0.15, -0.1) is 11.3 Å². The number of halogens is 5. The van der Waals surface area contributed by atoms with Gasteiger partial charge in [-0.1, -0.05) is 23.7 Å². The van der Waals surface area contributed by atoms with Gasteiger partial charge in [-0.3, -0.25) is 10.1 Å². The SMILES string of the molecule is O=C(Nc1nc(-c2ccccc2OC(F)F)cs1)c1cc(F)c(F)cc1Cl. The fraction of sp³-hybridized carbons (Fsp3) is 0.0588. The number of nitrogens with one attached hydrogen (secondary N) is 1. The van der Waals surface area contributed by atoms with Gasteiger partial charge in [0.15, 0.2) is 16.8 Å². The van der Waals surface area contributed by atoms with Crippen LogP contribution < -0.4 is 10.1 Å². The maximum Gasteiger partial charge on any atom is 0.387 e. The molecule has 1 amide bonds. The highest BCUT2D eigenvalue weighted by molar-refractivity contribution is 7.14.